The maximum atomic E-state index is 11.6. The Balaban J connectivity index is 1.47. The number of carboxylic acid groups (broad SMARTS) is 2. The zero-order chi connectivity index (χ0) is 30.3. The Morgan fingerprint density at radius 2 is 1.14 bits per heavy atom. The first-order valence-corrected chi connectivity index (χ1v) is 16.6. The molecule has 0 aliphatic carbocycles. The van der Waals surface area contributed by atoms with E-state index in [1.54, 1.807) is 0 Å². The van der Waals surface area contributed by atoms with Gasteiger partial charge in [0.2, 0.25) is 0 Å². The van der Waals surface area contributed by atoms with Crippen molar-refractivity contribution in [1.82, 2.24) is 10.6 Å². The zero-order valence-corrected chi connectivity index (χ0v) is 26.1. The quantitative estimate of drug-likeness (QED) is 0.276. The number of hydrogen-bond donors (Lipinski definition) is 4. The van der Waals surface area contributed by atoms with E-state index in [1.165, 1.54) is 0 Å². The Kier molecular flexibility index (Phi) is 9.87. The molecular weight excluding hydrogens is 528 g/mol. The first-order valence-electron chi connectivity index (χ1n) is 16.6. The molecule has 0 radical (unpaired) electrons. The smallest absolute Gasteiger partial charge is 0.303 e. The van der Waals surface area contributed by atoms with Crippen molar-refractivity contribution in [3.05, 3.63) is 35.9 Å². The lowest BCUT2D eigenvalue weighted by atomic mass is 9.77. The third-order valence-electron chi connectivity index (χ3n) is 12.5. The third-order valence-corrected chi connectivity index (χ3v) is 12.5. The fraction of sp³-hybridized carbons (Fsp3) is 0.824. The fourth-order valence-corrected chi connectivity index (χ4v) is 9.93. The second-order valence-electron chi connectivity index (χ2n) is 14.5. The van der Waals surface area contributed by atoms with Gasteiger partial charge in [0.05, 0.1) is 0 Å². The van der Waals surface area contributed by atoms with Crippen LogP contribution in [0.1, 0.15) is 79.1 Å². The summed E-state index contributed by atoms with van der Waals surface area (Å²) >= 11 is 0. The lowest BCUT2D eigenvalue weighted by Gasteiger charge is -2.37. The minimum Gasteiger partial charge on any atom is -0.656 e. The van der Waals surface area contributed by atoms with E-state index in [0.717, 1.165) is 25.7 Å². The Morgan fingerprint density at radius 1 is 0.643 bits per heavy atom. The molecule has 0 spiro atoms. The Bertz CT molecular complexity index is 1010. The largest absolute Gasteiger partial charge is 0.656 e. The summed E-state index contributed by atoms with van der Waals surface area (Å²) in [4.78, 5) is 23.3. The second kappa shape index (κ2) is 13.1. The van der Waals surface area contributed by atoms with Crippen molar-refractivity contribution in [1.29, 1.82) is 0 Å². The summed E-state index contributed by atoms with van der Waals surface area (Å²) in [6, 6.07) is 1.83. The van der Waals surface area contributed by atoms with E-state index < -0.39 is 11.9 Å². The molecule has 5 fully saturated rings. The number of aliphatic carboxylic acids is 2. The van der Waals surface area contributed by atoms with Gasteiger partial charge < -0.3 is 31.5 Å². The summed E-state index contributed by atoms with van der Waals surface area (Å²) < 4.78 is 0. The summed E-state index contributed by atoms with van der Waals surface area (Å²) in [5, 5.41) is 38.0. The molecule has 0 aromatic carbocycles. The van der Waals surface area contributed by atoms with Gasteiger partial charge in [-0.05, 0) is 42.4 Å². The summed E-state index contributed by atoms with van der Waals surface area (Å²) in [6.45, 7) is 17.7. The molecule has 0 amide bonds. The van der Waals surface area contributed by atoms with Gasteiger partial charge in [-0.2, -0.15) is 0 Å². The van der Waals surface area contributed by atoms with Crippen LogP contribution < -0.4 is 10.6 Å². The highest BCUT2D eigenvalue weighted by Gasteiger charge is 2.46. The van der Waals surface area contributed by atoms with E-state index in [-0.39, 0.29) is 60.9 Å². The Hall–Kier alpha value is -1.74. The predicted molar refractivity (Wildman–Crippen MR) is 167 cm³/mol. The van der Waals surface area contributed by atoms with Gasteiger partial charge in [0, 0.05) is 37.0 Å². The van der Waals surface area contributed by atoms with E-state index in [1.807, 2.05) is 0 Å². The predicted octanol–water partition coefficient (Wildman–Crippen LogP) is 5.60. The van der Waals surface area contributed by atoms with Gasteiger partial charge in [0.15, 0.2) is 0 Å². The Labute approximate surface area is 252 Å². The van der Waals surface area contributed by atoms with Gasteiger partial charge in [-0.25, -0.2) is 0 Å². The molecule has 5 rings (SSSR count). The zero-order valence-electron chi connectivity index (χ0n) is 26.1. The maximum absolute atomic E-state index is 11.6. The van der Waals surface area contributed by atoms with Gasteiger partial charge in [0.1, 0.15) is 0 Å². The number of carboxylic acids is 2. The van der Waals surface area contributed by atoms with Gasteiger partial charge >= 0.3 is 11.9 Å². The summed E-state index contributed by atoms with van der Waals surface area (Å²) in [5.74, 6) is 1.21. The van der Waals surface area contributed by atoms with Crippen LogP contribution in [-0.2, 0) is 9.59 Å². The molecule has 8 bridgehead atoms. The Morgan fingerprint density at radius 3 is 1.79 bits per heavy atom. The van der Waals surface area contributed by atoms with Crippen molar-refractivity contribution in [3.8, 4) is 0 Å². The average molecular weight is 583 g/mol. The topological polar surface area (TPSA) is 127 Å². The van der Waals surface area contributed by atoms with Crippen LogP contribution in [0.4, 0.5) is 0 Å². The SMILES string of the molecule is C=CC1C2CC3NC(CC4[N-]C(CC5NC(CC([N-]2)C1C)C(C)C5CCC(=O)O)C(CCC(=O)O)C4C)C(C=C)C3C. The standard InChI is InChI=1S/C34H54N4O4/c1-7-21-17(3)25-13-26-19(5)23(9-11-33(39)40)31(37-26)16-32-24(10-12-34(41)42)20(6)28(38-32)15-30-22(8-2)18(4)27(36-30)14-29(21)35-25/h7-8,17-32,36-37H,1-2,9-16H2,3-6H3,(H,39,40)(H,41,42)/q-2. The average Bonchev–Trinajstić information content (AvgIpc) is 3.59. The molecule has 16 unspecified atom stereocenters. The molecule has 42 heavy (non-hydrogen) atoms. The number of carbonyl (C=O) groups is 2. The highest BCUT2D eigenvalue weighted by molar-refractivity contribution is 5.67. The number of nitrogens with one attached hydrogen (secondary N) is 2. The molecule has 236 valence electrons. The lowest BCUT2D eigenvalue weighted by molar-refractivity contribution is -0.138. The van der Waals surface area contributed by atoms with E-state index in [2.05, 4.69) is 63.6 Å². The van der Waals surface area contributed by atoms with Crippen LogP contribution in [0.15, 0.2) is 25.3 Å². The first kappa shape index (κ1) is 31.7. The molecule has 16 atom stereocenters. The van der Waals surface area contributed by atoms with Gasteiger partial charge in [-0.3, -0.25) is 9.59 Å². The van der Waals surface area contributed by atoms with Crippen LogP contribution in [0.25, 0.3) is 10.6 Å². The number of hydrogen-bond acceptors (Lipinski definition) is 4. The molecule has 0 saturated carbocycles. The van der Waals surface area contributed by atoms with E-state index in [0.29, 0.717) is 60.4 Å². The van der Waals surface area contributed by atoms with Crippen LogP contribution in [0.3, 0.4) is 0 Å². The van der Waals surface area contributed by atoms with Crippen LogP contribution in [-0.4, -0.2) is 70.5 Å². The fourth-order valence-electron chi connectivity index (χ4n) is 9.93. The molecular formula is C34H54N4O4-2. The monoisotopic (exact) mass is 582 g/mol. The highest BCUT2D eigenvalue weighted by Crippen LogP contribution is 2.49. The van der Waals surface area contributed by atoms with Gasteiger partial charge in [-0.1, -0.05) is 83.3 Å². The van der Waals surface area contributed by atoms with Crippen LogP contribution in [0.2, 0.25) is 0 Å². The molecule has 5 heterocycles. The summed E-state index contributed by atoms with van der Waals surface area (Å²) in [7, 11) is 0. The summed E-state index contributed by atoms with van der Waals surface area (Å²) in [5.41, 5.74) is 0. The number of rotatable bonds is 8. The number of nitrogens with zero attached hydrogens (tertiary/aromatic N) is 2. The van der Waals surface area contributed by atoms with Crippen LogP contribution in [0, 0.1) is 47.3 Å². The lowest BCUT2D eigenvalue weighted by Crippen LogP contribution is -2.37. The first-order chi connectivity index (χ1) is 20.0. The highest BCUT2D eigenvalue weighted by atomic mass is 16.4. The van der Waals surface area contributed by atoms with Crippen molar-refractivity contribution < 1.29 is 19.8 Å². The van der Waals surface area contributed by atoms with E-state index in [9.17, 15) is 19.8 Å². The van der Waals surface area contributed by atoms with Crippen LogP contribution >= 0.6 is 0 Å². The van der Waals surface area contributed by atoms with Crippen molar-refractivity contribution in [2.45, 2.75) is 127 Å². The van der Waals surface area contributed by atoms with Crippen LogP contribution in [0.5, 0.6) is 0 Å². The molecule has 8 heteroatoms. The molecule has 0 aromatic rings. The summed E-state index contributed by atoms with van der Waals surface area (Å²) in [6.07, 6.45) is 9.62. The minimum atomic E-state index is -0.749. The van der Waals surface area contributed by atoms with Crippen molar-refractivity contribution in [2.24, 2.45) is 47.3 Å². The second-order valence-corrected chi connectivity index (χ2v) is 14.5. The maximum Gasteiger partial charge on any atom is 0.303 e. The normalized spacial score (nSPS) is 48.7. The molecule has 0 aromatic heterocycles. The molecule has 8 nitrogen and oxygen atoms in total. The van der Waals surface area contributed by atoms with E-state index in [4.69, 9.17) is 10.6 Å². The number of fused-ring (bicyclic) bond motifs is 8. The van der Waals surface area contributed by atoms with E-state index >= 15 is 0 Å². The van der Waals surface area contributed by atoms with Gasteiger partial charge in [0.25, 0.3) is 0 Å². The minimum absolute atomic E-state index is 0.0782. The molecule has 5 aliphatic heterocycles. The third kappa shape index (κ3) is 6.24. The van der Waals surface area contributed by atoms with Crippen molar-refractivity contribution >= 4 is 11.9 Å². The van der Waals surface area contributed by atoms with Gasteiger partial charge in [-0.15, -0.1) is 37.3 Å². The van der Waals surface area contributed by atoms with Crippen molar-refractivity contribution in [2.75, 3.05) is 0 Å². The molecule has 4 N–H and O–H groups in total. The molecule has 5 aliphatic rings. The molecule has 5 saturated heterocycles. The van der Waals surface area contributed by atoms with Crippen molar-refractivity contribution in [3.63, 3.8) is 0 Å².